The molecule has 0 aromatic heterocycles. The van der Waals surface area contributed by atoms with Gasteiger partial charge in [0.1, 0.15) is 0 Å². The Morgan fingerprint density at radius 3 is 2.67 bits per heavy atom. The van der Waals surface area contributed by atoms with Crippen LogP contribution in [0.15, 0.2) is 23.9 Å². The Hall–Kier alpha value is -0.760. The summed E-state index contributed by atoms with van der Waals surface area (Å²) in [6.45, 7) is 2.58. The van der Waals surface area contributed by atoms with Crippen LogP contribution in [0.4, 0.5) is 0 Å². The van der Waals surface area contributed by atoms with Crippen molar-refractivity contribution < 1.29 is 4.74 Å². The second-order valence-corrected chi connectivity index (χ2v) is 1.66. The molecule has 0 aromatic carbocycles. The first-order chi connectivity index (χ1) is 4.35. The van der Waals surface area contributed by atoms with E-state index >= 15 is 0 Å². The third-order valence-electron chi connectivity index (χ3n) is 0.992. The molecule has 0 saturated carbocycles. The molecule has 0 unspecified atom stereocenters. The van der Waals surface area contributed by atoms with Gasteiger partial charge in [-0.25, -0.2) is 0 Å². The first-order valence-corrected chi connectivity index (χ1v) is 2.87. The molecule has 2 N–H and O–H groups in total. The van der Waals surface area contributed by atoms with E-state index in [1.54, 1.807) is 7.11 Å². The largest absolute Gasteiger partial charge is 0.405 e. The van der Waals surface area contributed by atoms with Gasteiger partial charge in [-0.05, 0) is 24.8 Å². The summed E-state index contributed by atoms with van der Waals surface area (Å²) in [6, 6.07) is 0. The maximum absolute atomic E-state index is 5.16. The van der Waals surface area contributed by atoms with E-state index in [2.05, 4.69) is 0 Å². The van der Waals surface area contributed by atoms with Crippen molar-refractivity contribution in [3.05, 3.63) is 23.9 Å². The normalized spacial score (nSPS) is 12.9. The van der Waals surface area contributed by atoms with Gasteiger partial charge in [0.05, 0.1) is 6.61 Å². The van der Waals surface area contributed by atoms with Crippen molar-refractivity contribution in [3.63, 3.8) is 0 Å². The lowest BCUT2D eigenvalue weighted by Crippen LogP contribution is -1.91. The number of hydrogen-bond donors (Lipinski definition) is 1. The van der Waals surface area contributed by atoms with Crippen molar-refractivity contribution in [3.8, 4) is 0 Å². The van der Waals surface area contributed by atoms with Gasteiger partial charge in [0.25, 0.3) is 0 Å². The van der Waals surface area contributed by atoms with E-state index in [9.17, 15) is 0 Å². The fourth-order valence-corrected chi connectivity index (χ4v) is 0.518. The Labute approximate surface area is 56.0 Å². The van der Waals surface area contributed by atoms with Crippen LogP contribution >= 0.6 is 0 Å². The minimum atomic E-state index is 0.629. The van der Waals surface area contributed by atoms with Crippen molar-refractivity contribution in [2.75, 3.05) is 13.7 Å². The third-order valence-corrected chi connectivity index (χ3v) is 0.992. The molecule has 0 spiro atoms. The lowest BCUT2D eigenvalue weighted by atomic mass is 10.3. The molecule has 0 atom stereocenters. The van der Waals surface area contributed by atoms with Crippen molar-refractivity contribution in [2.45, 2.75) is 6.92 Å². The number of allylic oxidation sites excluding steroid dienone is 1. The molecule has 0 fully saturated rings. The summed E-state index contributed by atoms with van der Waals surface area (Å²) >= 11 is 0. The molecule has 2 heteroatoms. The minimum Gasteiger partial charge on any atom is -0.405 e. The molecular weight excluding hydrogens is 114 g/mol. The number of hydrogen-bond acceptors (Lipinski definition) is 2. The lowest BCUT2D eigenvalue weighted by Gasteiger charge is -1.96. The van der Waals surface area contributed by atoms with Crippen LogP contribution in [-0.2, 0) is 4.74 Å². The van der Waals surface area contributed by atoms with Crippen molar-refractivity contribution in [1.82, 2.24) is 0 Å². The summed E-state index contributed by atoms with van der Waals surface area (Å²) in [5.74, 6) is 0. The van der Waals surface area contributed by atoms with E-state index in [4.69, 9.17) is 10.5 Å². The molecule has 2 nitrogen and oxygen atoms in total. The second-order valence-electron chi connectivity index (χ2n) is 1.66. The van der Waals surface area contributed by atoms with E-state index in [1.165, 1.54) is 6.20 Å². The van der Waals surface area contributed by atoms with Crippen LogP contribution in [0.5, 0.6) is 0 Å². The average molecular weight is 127 g/mol. The predicted molar refractivity (Wildman–Crippen MR) is 39.0 cm³/mol. The average Bonchev–Trinajstić information content (AvgIpc) is 1.88. The van der Waals surface area contributed by atoms with Gasteiger partial charge >= 0.3 is 0 Å². The summed E-state index contributed by atoms with van der Waals surface area (Å²) in [5, 5.41) is 0. The zero-order valence-corrected chi connectivity index (χ0v) is 5.92. The lowest BCUT2D eigenvalue weighted by molar-refractivity contribution is 0.228. The maximum Gasteiger partial charge on any atom is 0.0710 e. The van der Waals surface area contributed by atoms with Gasteiger partial charge in [0, 0.05) is 7.11 Å². The highest BCUT2D eigenvalue weighted by molar-refractivity contribution is 5.17. The minimum absolute atomic E-state index is 0.629. The maximum atomic E-state index is 5.16. The van der Waals surface area contributed by atoms with E-state index in [1.807, 2.05) is 19.1 Å². The van der Waals surface area contributed by atoms with Crippen LogP contribution in [0.1, 0.15) is 6.92 Å². The predicted octanol–water partition coefficient (Wildman–Crippen LogP) is 1.05. The number of nitrogens with two attached hydrogens (primary N) is 1. The molecule has 0 aromatic rings. The zero-order chi connectivity index (χ0) is 7.11. The van der Waals surface area contributed by atoms with Gasteiger partial charge in [-0.3, -0.25) is 0 Å². The molecule has 0 saturated heterocycles. The quantitative estimate of drug-likeness (QED) is 0.575. The van der Waals surface area contributed by atoms with Crippen molar-refractivity contribution >= 4 is 0 Å². The summed E-state index contributed by atoms with van der Waals surface area (Å²) < 4.78 is 4.87. The van der Waals surface area contributed by atoms with Crippen LogP contribution in [0.2, 0.25) is 0 Å². The molecule has 0 rings (SSSR count). The second kappa shape index (κ2) is 5.38. The number of rotatable bonds is 3. The molecule has 0 aliphatic heterocycles. The van der Waals surface area contributed by atoms with Gasteiger partial charge in [0.2, 0.25) is 0 Å². The van der Waals surface area contributed by atoms with Crippen LogP contribution in [-0.4, -0.2) is 13.7 Å². The molecule has 0 bridgehead atoms. The van der Waals surface area contributed by atoms with E-state index in [-0.39, 0.29) is 0 Å². The molecule has 0 amide bonds. The highest BCUT2D eigenvalue weighted by Gasteiger charge is 1.85. The third kappa shape index (κ3) is 3.79. The van der Waals surface area contributed by atoms with Crippen LogP contribution < -0.4 is 5.73 Å². The standard InChI is InChI=1S/C7H13NO/c1-3-7(4-5-8)6-9-2/h3-5H,6,8H2,1-2H3/b5-4-,7-3+. The van der Waals surface area contributed by atoms with E-state index in [0.717, 1.165) is 5.57 Å². The SMILES string of the molecule is C/C=C(\C=C/N)COC. The summed E-state index contributed by atoms with van der Waals surface area (Å²) in [4.78, 5) is 0. The molecule has 9 heavy (non-hydrogen) atoms. The monoisotopic (exact) mass is 127 g/mol. The Morgan fingerprint density at radius 1 is 1.67 bits per heavy atom. The zero-order valence-electron chi connectivity index (χ0n) is 5.92. The van der Waals surface area contributed by atoms with Gasteiger partial charge in [-0.2, -0.15) is 0 Å². The number of ether oxygens (including phenoxy) is 1. The number of methoxy groups -OCH3 is 1. The van der Waals surface area contributed by atoms with Gasteiger partial charge < -0.3 is 10.5 Å². The molecule has 0 radical (unpaired) electrons. The Kier molecular flexibility index (Phi) is 4.92. The molecule has 0 heterocycles. The fourth-order valence-electron chi connectivity index (χ4n) is 0.518. The molecule has 0 aliphatic rings. The van der Waals surface area contributed by atoms with Crippen molar-refractivity contribution in [2.24, 2.45) is 5.73 Å². The molecular formula is C7H13NO. The topological polar surface area (TPSA) is 35.2 Å². The smallest absolute Gasteiger partial charge is 0.0710 e. The van der Waals surface area contributed by atoms with Crippen LogP contribution in [0.3, 0.4) is 0 Å². The summed E-state index contributed by atoms with van der Waals surface area (Å²) in [6.07, 6.45) is 5.30. The fraction of sp³-hybridized carbons (Fsp3) is 0.429. The summed E-state index contributed by atoms with van der Waals surface area (Å²) in [7, 11) is 1.66. The first-order valence-electron chi connectivity index (χ1n) is 2.87. The van der Waals surface area contributed by atoms with E-state index in [0.29, 0.717) is 6.61 Å². The van der Waals surface area contributed by atoms with Gasteiger partial charge in [-0.15, -0.1) is 0 Å². The molecule has 0 aliphatic carbocycles. The summed E-state index contributed by atoms with van der Waals surface area (Å²) in [5.41, 5.74) is 6.26. The Morgan fingerprint density at radius 2 is 2.33 bits per heavy atom. The van der Waals surface area contributed by atoms with Crippen LogP contribution in [0, 0.1) is 0 Å². The first kappa shape index (κ1) is 8.24. The van der Waals surface area contributed by atoms with Gasteiger partial charge in [0.15, 0.2) is 0 Å². The van der Waals surface area contributed by atoms with E-state index < -0.39 is 0 Å². The van der Waals surface area contributed by atoms with Gasteiger partial charge in [-0.1, -0.05) is 6.08 Å². The Balaban J connectivity index is 3.70. The van der Waals surface area contributed by atoms with Crippen molar-refractivity contribution in [1.29, 1.82) is 0 Å². The molecule has 52 valence electrons. The Bertz CT molecular complexity index is 116. The highest BCUT2D eigenvalue weighted by Crippen LogP contribution is 1.94. The highest BCUT2D eigenvalue weighted by atomic mass is 16.5. The van der Waals surface area contributed by atoms with Crippen LogP contribution in [0.25, 0.3) is 0 Å².